The monoisotopic (exact) mass is 421 g/mol. The van der Waals surface area contributed by atoms with Crippen LogP contribution in [0.2, 0.25) is 0 Å². The lowest BCUT2D eigenvalue weighted by Crippen LogP contribution is -2.44. The van der Waals surface area contributed by atoms with Crippen molar-refractivity contribution in [3.63, 3.8) is 0 Å². The zero-order valence-corrected chi connectivity index (χ0v) is 18.0. The highest BCUT2D eigenvalue weighted by Gasteiger charge is 2.18. The summed E-state index contributed by atoms with van der Waals surface area (Å²) in [5.41, 5.74) is 1.12. The van der Waals surface area contributed by atoms with Gasteiger partial charge in [-0.15, -0.1) is 0 Å². The van der Waals surface area contributed by atoms with E-state index in [4.69, 9.17) is 14.5 Å². The molecule has 0 atom stereocenters. The summed E-state index contributed by atoms with van der Waals surface area (Å²) in [6.45, 7) is 3.89. The Balaban J connectivity index is 1.55. The number of carbonyl (C=O) groups excluding carboxylic acids is 1. The van der Waals surface area contributed by atoms with Gasteiger partial charge in [-0.05, 0) is 43.4 Å². The van der Waals surface area contributed by atoms with Gasteiger partial charge in [-0.2, -0.15) is 0 Å². The van der Waals surface area contributed by atoms with Gasteiger partial charge in [0.15, 0.2) is 11.5 Å². The van der Waals surface area contributed by atoms with Crippen molar-refractivity contribution in [2.24, 2.45) is 0 Å². The van der Waals surface area contributed by atoms with E-state index >= 15 is 0 Å². The molecule has 162 valence electrons. The molecule has 8 heteroatoms. The van der Waals surface area contributed by atoms with Crippen molar-refractivity contribution in [3.05, 3.63) is 60.4 Å². The Morgan fingerprint density at radius 1 is 0.935 bits per heavy atom. The van der Waals surface area contributed by atoms with E-state index in [1.807, 2.05) is 30.5 Å². The van der Waals surface area contributed by atoms with Crippen LogP contribution in [0, 0.1) is 0 Å². The van der Waals surface area contributed by atoms with E-state index < -0.39 is 0 Å². The molecule has 8 nitrogen and oxygen atoms in total. The number of methoxy groups -OCH3 is 2. The van der Waals surface area contributed by atoms with Gasteiger partial charge in [0.1, 0.15) is 17.3 Å². The Morgan fingerprint density at radius 3 is 2.42 bits per heavy atom. The van der Waals surface area contributed by atoms with Gasteiger partial charge < -0.3 is 24.6 Å². The second kappa shape index (κ2) is 9.09. The molecule has 0 aliphatic carbocycles. The van der Waals surface area contributed by atoms with Crippen molar-refractivity contribution in [2.45, 2.75) is 0 Å². The number of carbonyl (C=O) groups is 1. The van der Waals surface area contributed by atoms with Crippen LogP contribution in [0.25, 0.3) is 5.82 Å². The molecule has 31 heavy (non-hydrogen) atoms. The number of nitrogens with one attached hydrogen (secondary N) is 1. The van der Waals surface area contributed by atoms with Crippen molar-refractivity contribution in [1.82, 2.24) is 14.5 Å². The van der Waals surface area contributed by atoms with Crippen LogP contribution in [0.5, 0.6) is 11.5 Å². The maximum atomic E-state index is 13.0. The van der Waals surface area contributed by atoms with Crippen LogP contribution in [-0.4, -0.2) is 67.8 Å². The quantitative estimate of drug-likeness (QED) is 0.660. The van der Waals surface area contributed by atoms with Crippen LogP contribution in [-0.2, 0) is 0 Å². The molecule has 1 aromatic carbocycles. The van der Waals surface area contributed by atoms with Gasteiger partial charge in [-0.3, -0.25) is 9.36 Å². The van der Waals surface area contributed by atoms with Gasteiger partial charge in [0.2, 0.25) is 0 Å². The number of hydrogen-bond donors (Lipinski definition) is 1. The summed E-state index contributed by atoms with van der Waals surface area (Å²) >= 11 is 0. The number of anilines is 2. The normalized spacial score (nSPS) is 14.4. The van der Waals surface area contributed by atoms with Crippen molar-refractivity contribution in [1.29, 1.82) is 0 Å². The van der Waals surface area contributed by atoms with E-state index in [1.165, 1.54) is 0 Å². The maximum absolute atomic E-state index is 13.0. The van der Waals surface area contributed by atoms with Gasteiger partial charge in [0, 0.05) is 44.1 Å². The van der Waals surface area contributed by atoms with Gasteiger partial charge >= 0.3 is 0 Å². The van der Waals surface area contributed by atoms with E-state index in [0.29, 0.717) is 28.7 Å². The smallest absolute Gasteiger partial charge is 0.272 e. The molecule has 3 aromatic rings. The summed E-state index contributed by atoms with van der Waals surface area (Å²) in [4.78, 5) is 22.4. The van der Waals surface area contributed by atoms with E-state index in [0.717, 1.165) is 32.0 Å². The number of nitrogens with zero attached hydrogens (tertiary/aromatic N) is 4. The fourth-order valence-electron chi connectivity index (χ4n) is 3.63. The largest absolute Gasteiger partial charge is 0.493 e. The topological polar surface area (TPSA) is 71.9 Å². The Kier molecular flexibility index (Phi) is 6.08. The van der Waals surface area contributed by atoms with Gasteiger partial charge in [0.05, 0.1) is 14.2 Å². The third-order valence-electron chi connectivity index (χ3n) is 5.42. The minimum absolute atomic E-state index is 0.232. The minimum atomic E-state index is -0.232. The molecule has 0 spiro atoms. The third kappa shape index (κ3) is 4.49. The van der Waals surface area contributed by atoms with Crippen LogP contribution in [0.4, 0.5) is 11.5 Å². The second-order valence-electron chi connectivity index (χ2n) is 7.43. The first kappa shape index (κ1) is 20.7. The molecule has 1 fully saturated rings. The summed E-state index contributed by atoms with van der Waals surface area (Å²) in [5, 5.41) is 2.92. The second-order valence-corrected chi connectivity index (χ2v) is 7.43. The lowest BCUT2D eigenvalue weighted by molar-refractivity contribution is 0.102. The van der Waals surface area contributed by atoms with Crippen LogP contribution in [0.3, 0.4) is 0 Å². The number of benzene rings is 1. The van der Waals surface area contributed by atoms with Crippen LogP contribution in [0.15, 0.2) is 54.7 Å². The van der Waals surface area contributed by atoms with Crippen LogP contribution in [0.1, 0.15) is 10.5 Å². The molecular formula is C23H27N5O3. The Morgan fingerprint density at radius 2 is 1.68 bits per heavy atom. The summed E-state index contributed by atoms with van der Waals surface area (Å²) in [5.74, 6) is 2.56. The Labute approximate surface area is 182 Å². The molecule has 1 saturated heterocycles. The average molecular weight is 422 g/mol. The van der Waals surface area contributed by atoms with Crippen molar-refractivity contribution in [3.8, 4) is 17.3 Å². The molecule has 0 saturated carbocycles. The fourth-order valence-corrected chi connectivity index (χ4v) is 3.63. The van der Waals surface area contributed by atoms with Crippen LogP contribution >= 0.6 is 0 Å². The molecule has 1 aliphatic heterocycles. The molecule has 3 heterocycles. The predicted octanol–water partition coefficient (Wildman–Crippen LogP) is 2.89. The maximum Gasteiger partial charge on any atom is 0.272 e. The molecule has 1 N–H and O–H groups in total. The molecule has 0 unspecified atom stereocenters. The zero-order valence-electron chi connectivity index (χ0n) is 18.0. The summed E-state index contributed by atoms with van der Waals surface area (Å²) in [6, 6.07) is 14.8. The highest BCUT2D eigenvalue weighted by molar-refractivity contribution is 6.03. The molecular weight excluding hydrogens is 394 g/mol. The summed E-state index contributed by atoms with van der Waals surface area (Å²) in [7, 11) is 5.27. The van der Waals surface area contributed by atoms with E-state index in [2.05, 4.69) is 22.2 Å². The average Bonchev–Trinajstić information content (AvgIpc) is 3.30. The number of pyridine rings is 1. The highest BCUT2D eigenvalue weighted by Crippen LogP contribution is 2.30. The van der Waals surface area contributed by atoms with Crippen molar-refractivity contribution < 1.29 is 14.3 Å². The molecule has 1 aliphatic rings. The lowest BCUT2D eigenvalue weighted by Gasteiger charge is -2.33. The molecule has 0 bridgehead atoms. The molecule has 1 amide bonds. The molecule has 0 radical (unpaired) electrons. The zero-order chi connectivity index (χ0) is 21.8. The van der Waals surface area contributed by atoms with Crippen LogP contribution < -0.4 is 19.7 Å². The first-order chi connectivity index (χ1) is 15.1. The first-order valence-electron chi connectivity index (χ1n) is 10.2. The number of amides is 1. The Bertz CT molecular complexity index is 1060. The molecule has 2 aromatic heterocycles. The van der Waals surface area contributed by atoms with E-state index in [9.17, 15) is 4.79 Å². The number of likely N-dealkylation sites (N-methyl/N-ethyl adjacent to an activating group) is 1. The predicted molar refractivity (Wildman–Crippen MR) is 121 cm³/mol. The highest BCUT2D eigenvalue weighted by atomic mass is 16.5. The van der Waals surface area contributed by atoms with Gasteiger partial charge in [-0.1, -0.05) is 6.07 Å². The number of hydrogen-bond acceptors (Lipinski definition) is 6. The van der Waals surface area contributed by atoms with E-state index in [-0.39, 0.29) is 5.91 Å². The molecule has 4 rings (SSSR count). The SMILES string of the molecule is COc1ccc(NC(=O)c2cccn2-c2cccc(N3CCN(C)CC3)n2)cc1OC. The Hall–Kier alpha value is -3.52. The van der Waals surface area contributed by atoms with Crippen molar-refractivity contribution in [2.75, 3.05) is 57.7 Å². The minimum Gasteiger partial charge on any atom is -0.493 e. The van der Waals surface area contributed by atoms with Gasteiger partial charge in [0.25, 0.3) is 5.91 Å². The summed E-state index contributed by atoms with van der Waals surface area (Å²) < 4.78 is 12.4. The number of aromatic nitrogens is 2. The van der Waals surface area contributed by atoms with Gasteiger partial charge in [-0.25, -0.2) is 4.98 Å². The number of ether oxygens (including phenoxy) is 2. The fraction of sp³-hybridized carbons (Fsp3) is 0.304. The standard InChI is InChI=1S/C23H27N5O3/c1-26-12-14-27(15-13-26)21-7-4-8-22(25-21)28-11-5-6-18(28)23(29)24-17-9-10-19(30-2)20(16-17)31-3/h4-11,16H,12-15H2,1-3H3,(H,24,29). The third-order valence-corrected chi connectivity index (χ3v) is 5.42. The summed E-state index contributed by atoms with van der Waals surface area (Å²) in [6.07, 6.45) is 1.85. The first-order valence-corrected chi connectivity index (χ1v) is 10.2. The van der Waals surface area contributed by atoms with E-state index in [1.54, 1.807) is 43.1 Å². The van der Waals surface area contributed by atoms with Crippen molar-refractivity contribution >= 4 is 17.4 Å². The number of rotatable bonds is 6. The number of piperazine rings is 1. The lowest BCUT2D eigenvalue weighted by atomic mass is 10.2.